The van der Waals surface area contributed by atoms with Gasteiger partial charge in [0.05, 0.1) is 19.8 Å². The highest BCUT2D eigenvalue weighted by atomic mass is 16.6. The van der Waals surface area contributed by atoms with Crippen LogP contribution in [0, 0.1) is 0 Å². The molecule has 0 heterocycles. The lowest BCUT2D eigenvalue weighted by Crippen LogP contribution is -2.52. The van der Waals surface area contributed by atoms with E-state index in [9.17, 15) is 38.4 Å². The van der Waals surface area contributed by atoms with Crippen LogP contribution >= 0.6 is 0 Å². The van der Waals surface area contributed by atoms with Gasteiger partial charge in [0.25, 0.3) is 0 Å². The number of nitrogens with two attached hydrogens (primary N) is 1. The molecular formula is C42H76N6O12. The number of nitrogens with one attached hydrogen (secondary N) is 5. The largest absolute Gasteiger partial charge is 0.466 e. The van der Waals surface area contributed by atoms with E-state index < -0.39 is 59.7 Å². The SMILES string of the molecule is CCCCOC(=O)CCC(NC(=O)NC(CCC(=O)NCCCCCCCC(=O)NC(CCCCNC(=O)OC(C)(C)C)C(N)=O)C(=O)OCCCC)C(=O)OCCCC. The summed E-state index contributed by atoms with van der Waals surface area (Å²) in [4.78, 5) is 99.7. The van der Waals surface area contributed by atoms with Crippen LogP contribution in [0.2, 0.25) is 0 Å². The molecule has 0 saturated carbocycles. The molecule has 0 aromatic heterocycles. The molecular weight excluding hydrogens is 780 g/mol. The van der Waals surface area contributed by atoms with Gasteiger partial charge in [0, 0.05) is 32.4 Å². The second-order valence-corrected chi connectivity index (χ2v) is 15.7. The molecule has 3 atom stereocenters. The molecule has 0 spiro atoms. The van der Waals surface area contributed by atoms with Gasteiger partial charge in [-0.05, 0) is 85.0 Å². The Hall–Kier alpha value is -4.64. The molecule has 0 aliphatic heterocycles. The lowest BCUT2D eigenvalue weighted by atomic mass is 10.1. The number of urea groups is 1. The molecule has 0 saturated heterocycles. The number of carbonyl (C=O) groups is 8. The Kier molecular flexibility index (Phi) is 31.5. The fraction of sp³-hybridized carbons (Fsp3) is 0.810. The van der Waals surface area contributed by atoms with Crippen LogP contribution in [0.3, 0.4) is 0 Å². The Morgan fingerprint density at radius 3 is 1.57 bits per heavy atom. The van der Waals surface area contributed by atoms with E-state index in [2.05, 4.69) is 26.6 Å². The number of amides is 6. The van der Waals surface area contributed by atoms with Gasteiger partial charge < -0.3 is 51.3 Å². The molecule has 6 amide bonds. The highest BCUT2D eigenvalue weighted by molar-refractivity contribution is 5.88. The first-order chi connectivity index (χ1) is 28.5. The third kappa shape index (κ3) is 31.3. The smallest absolute Gasteiger partial charge is 0.407 e. The Bertz CT molecular complexity index is 1290. The minimum atomic E-state index is -1.17. The van der Waals surface area contributed by atoms with Crippen molar-refractivity contribution in [2.24, 2.45) is 5.73 Å². The number of carbonyl (C=O) groups excluding carboxylic acids is 8. The van der Waals surface area contributed by atoms with Crippen molar-refractivity contribution in [1.82, 2.24) is 26.6 Å². The normalized spacial score (nSPS) is 12.5. The molecule has 18 nitrogen and oxygen atoms in total. The molecule has 0 aromatic carbocycles. The van der Waals surface area contributed by atoms with E-state index in [-0.39, 0.29) is 63.7 Å². The molecule has 0 fully saturated rings. The van der Waals surface area contributed by atoms with E-state index in [1.54, 1.807) is 20.8 Å². The van der Waals surface area contributed by atoms with Crippen molar-refractivity contribution in [2.45, 2.75) is 187 Å². The van der Waals surface area contributed by atoms with Crippen LogP contribution in [0.1, 0.15) is 164 Å². The molecule has 0 aliphatic carbocycles. The Morgan fingerprint density at radius 2 is 1.02 bits per heavy atom. The first-order valence-corrected chi connectivity index (χ1v) is 21.9. The van der Waals surface area contributed by atoms with Gasteiger partial charge in [-0.15, -0.1) is 0 Å². The van der Waals surface area contributed by atoms with Crippen LogP contribution in [-0.2, 0) is 47.7 Å². The van der Waals surface area contributed by atoms with Crippen molar-refractivity contribution in [1.29, 1.82) is 0 Å². The summed E-state index contributed by atoms with van der Waals surface area (Å²) in [6.45, 7) is 12.5. The predicted molar refractivity (Wildman–Crippen MR) is 225 cm³/mol. The highest BCUT2D eigenvalue weighted by Gasteiger charge is 2.28. The van der Waals surface area contributed by atoms with Crippen molar-refractivity contribution in [3.8, 4) is 0 Å². The number of esters is 3. The van der Waals surface area contributed by atoms with Gasteiger partial charge in [-0.2, -0.15) is 0 Å². The third-order valence-electron chi connectivity index (χ3n) is 8.89. The van der Waals surface area contributed by atoms with Crippen LogP contribution in [0.5, 0.6) is 0 Å². The van der Waals surface area contributed by atoms with Crippen molar-refractivity contribution < 1.29 is 57.3 Å². The Balaban J connectivity index is 4.75. The fourth-order valence-corrected chi connectivity index (χ4v) is 5.42. The molecule has 0 rings (SSSR count). The molecule has 0 bridgehead atoms. The molecule has 7 N–H and O–H groups in total. The van der Waals surface area contributed by atoms with Gasteiger partial charge in [-0.3, -0.25) is 19.2 Å². The molecule has 0 aliphatic rings. The van der Waals surface area contributed by atoms with Crippen LogP contribution < -0.4 is 32.3 Å². The van der Waals surface area contributed by atoms with Gasteiger partial charge in [-0.25, -0.2) is 19.2 Å². The number of hydrogen-bond acceptors (Lipinski definition) is 12. The summed E-state index contributed by atoms with van der Waals surface area (Å²) in [5.41, 5.74) is 4.89. The van der Waals surface area contributed by atoms with Gasteiger partial charge in [0.15, 0.2) is 0 Å². The predicted octanol–water partition coefficient (Wildman–Crippen LogP) is 4.74. The number of primary amides is 1. The van der Waals surface area contributed by atoms with E-state index in [4.69, 9.17) is 24.7 Å². The van der Waals surface area contributed by atoms with Gasteiger partial charge >= 0.3 is 30.0 Å². The minimum absolute atomic E-state index is 0.0520. The zero-order chi connectivity index (χ0) is 45.2. The Morgan fingerprint density at radius 1 is 0.517 bits per heavy atom. The Labute approximate surface area is 357 Å². The van der Waals surface area contributed by atoms with Crippen molar-refractivity contribution in [3.05, 3.63) is 0 Å². The third-order valence-corrected chi connectivity index (χ3v) is 8.89. The van der Waals surface area contributed by atoms with Crippen molar-refractivity contribution in [2.75, 3.05) is 32.9 Å². The topological polar surface area (TPSA) is 260 Å². The van der Waals surface area contributed by atoms with Crippen molar-refractivity contribution >= 4 is 47.8 Å². The highest BCUT2D eigenvalue weighted by Crippen LogP contribution is 2.10. The minimum Gasteiger partial charge on any atom is -0.466 e. The van der Waals surface area contributed by atoms with E-state index in [1.165, 1.54) is 0 Å². The maximum atomic E-state index is 13.1. The quantitative estimate of drug-likeness (QED) is 0.0292. The molecule has 60 heavy (non-hydrogen) atoms. The zero-order valence-electron chi connectivity index (χ0n) is 37.2. The molecule has 0 radical (unpaired) electrons. The summed E-state index contributed by atoms with van der Waals surface area (Å²) in [5.74, 6) is -3.12. The van der Waals surface area contributed by atoms with Crippen LogP contribution in [0.15, 0.2) is 0 Å². The standard InChI is InChI=1S/C42H76N6O12/c1-7-10-28-57-36(51)25-23-33(39(54)59-30-12-9-3)48-40(55)47-32(38(53)58-29-11-8-2)22-24-34(49)44-26-18-15-13-14-16-21-35(50)46-31(37(43)52)20-17-19-27-45-41(56)60-42(4,5)6/h31-33H,7-30H2,1-6H3,(H2,43,52)(H,44,49)(H,45,56)(H,46,50)(H2,47,48,55). The van der Waals surface area contributed by atoms with E-state index in [0.717, 1.165) is 38.5 Å². The second-order valence-electron chi connectivity index (χ2n) is 15.7. The molecule has 0 aromatic rings. The van der Waals surface area contributed by atoms with Crippen LogP contribution in [0.4, 0.5) is 9.59 Å². The van der Waals surface area contributed by atoms with Crippen molar-refractivity contribution in [3.63, 3.8) is 0 Å². The number of alkyl carbamates (subject to hydrolysis) is 1. The summed E-state index contributed by atoms with van der Waals surface area (Å²) in [6, 6.07) is -3.99. The molecule has 346 valence electrons. The lowest BCUT2D eigenvalue weighted by Gasteiger charge is -2.21. The number of ether oxygens (including phenoxy) is 4. The monoisotopic (exact) mass is 857 g/mol. The van der Waals surface area contributed by atoms with E-state index in [0.29, 0.717) is 64.5 Å². The first kappa shape index (κ1) is 55.4. The van der Waals surface area contributed by atoms with Gasteiger partial charge in [0.2, 0.25) is 17.7 Å². The number of hydrogen-bond donors (Lipinski definition) is 6. The fourth-order valence-electron chi connectivity index (χ4n) is 5.42. The van der Waals surface area contributed by atoms with E-state index >= 15 is 0 Å². The lowest BCUT2D eigenvalue weighted by molar-refractivity contribution is -0.148. The molecule has 18 heteroatoms. The zero-order valence-corrected chi connectivity index (χ0v) is 37.2. The second kappa shape index (κ2) is 34.1. The number of rotatable bonds is 34. The summed E-state index contributed by atoms with van der Waals surface area (Å²) < 4.78 is 21.0. The van der Waals surface area contributed by atoms with Gasteiger partial charge in [-0.1, -0.05) is 59.3 Å². The van der Waals surface area contributed by atoms with Crippen LogP contribution in [0.25, 0.3) is 0 Å². The summed E-state index contributed by atoms with van der Waals surface area (Å²) in [6.07, 6.45) is 9.00. The first-order valence-electron chi connectivity index (χ1n) is 21.9. The average Bonchev–Trinajstić information content (AvgIpc) is 3.17. The maximum absolute atomic E-state index is 13.1. The van der Waals surface area contributed by atoms with Crippen LogP contribution in [-0.4, -0.2) is 104 Å². The van der Waals surface area contributed by atoms with E-state index in [1.807, 2.05) is 20.8 Å². The summed E-state index contributed by atoms with van der Waals surface area (Å²) >= 11 is 0. The maximum Gasteiger partial charge on any atom is 0.407 e. The summed E-state index contributed by atoms with van der Waals surface area (Å²) in [5, 5.41) is 13.2. The molecule has 3 unspecified atom stereocenters. The average molecular weight is 857 g/mol. The summed E-state index contributed by atoms with van der Waals surface area (Å²) in [7, 11) is 0. The number of unbranched alkanes of at least 4 members (excludes halogenated alkanes) is 8. The van der Waals surface area contributed by atoms with Gasteiger partial charge in [0.1, 0.15) is 23.7 Å².